The van der Waals surface area contributed by atoms with Gasteiger partial charge in [-0.2, -0.15) is 0 Å². The van der Waals surface area contributed by atoms with Gasteiger partial charge in [-0.1, -0.05) is 48.0 Å². The van der Waals surface area contributed by atoms with Crippen LogP contribution in [-0.4, -0.2) is 8.42 Å². The predicted octanol–water partition coefficient (Wildman–Crippen LogP) is 4.42. The molecule has 1 aliphatic heterocycles. The smallest absolute Gasteiger partial charge is 0.213 e. The van der Waals surface area contributed by atoms with Crippen LogP contribution in [0.1, 0.15) is 22.8 Å². The SMILES string of the molecule is NS(=O)(=O)Cc1ccc2c(c1)C(c1cccc(F)c1)Oc1cccc(Cl)c1-2. The van der Waals surface area contributed by atoms with Gasteiger partial charge < -0.3 is 4.74 Å². The van der Waals surface area contributed by atoms with Crippen LogP contribution in [-0.2, 0) is 15.8 Å². The summed E-state index contributed by atoms with van der Waals surface area (Å²) < 4.78 is 42.9. The highest BCUT2D eigenvalue weighted by Crippen LogP contribution is 2.48. The zero-order valence-corrected chi connectivity index (χ0v) is 15.6. The van der Waals surface area contributed by atoms with Crippen molar-refractivity contribution in [2.75, 3.05) is 0 Å². The number of nitrogens with two attached hydrogens (primary N) is 1. The summed E-state index contributed by atoms with van der Waals surface area (Å²) in [6.07, 6.45) is -0.595. The molecule has 0 saturated heterocycles. The molecule has 4 nitrogen and oxygen atoms in total. The Morgan fingerprint density at radius 3 is 2.59 bits per heavy atom. The highest BCUT2D eigenvalue weighted by molar-refractivity contribution is 7.88. The molecule has 3 aromatic rings. The first-order chi connectivity index (χ1) is 12.8. The first-order valence-electron chi connectivity index (χ1n) is 8.16. The van der Waals surface area contributed by atoms with Crippen LogP contribution >= 0.6 is 11.6 Å². The molecule has 1 heterocycles. The minimum Gasteiger partial charge on any atom is -0.480 e. The van der Waals surface area contributed by atoms with E-state index in [1.807, 2.05) is 0 Å². The summed E-state index contributed by atoms with van der Waals surface area (Å²) in [5, 5.41) is 5.70. The molecule has 0 radical (unpaired) electrons. The molecule has 2 N–H and O–H groups in total. The van der Waals surface area contributed by atoms with Crippen LogP contribution in [0.5, 0.6) is 5.75 Å². The van der Waals surface area contributed by atoms with Crippen molar-refractivity contribution in [2.24, 2.45) is 5.14 Å². The van der Waals surface area contributed by atoms with Crippen LogP contribution in [0.2, 0.25) is 5.02 Å². The molecule has 1 unspecified atom stereocenters. The van der Waals surface area contributed by atoms with Gasteiger partial charge in [0.05, 0.1) is 10.8 Å². The van der Waals surface area contributed by atoms with Gasteiger partial charge >= 0.3 is 0 Å². The molecule has 7 heteroatoms. The van der Waals surface area contributed by atoms with Crippen LogP contribution in [0, 0.1) is 5.82 Å². The number of rotatable bonds is 3. The van der Waals surface area contributed by atoms with Crippen molar-refractivity contribution in [1.29, 1.82) is 0 Å². The minimum absolute atomic E-state index is 0.300. The fourth-order valence-corrected chi connectivity index (χ4v) is 4.26. The van der Waals surface area contributed by atoms with Crippen LogP contribution in [0.15, 0.2) is 60.7 Å². The number of hydrogen-bond acceptors (Lipinski definition) is 3. The van der Waals surface area contributed by atoms with Crippen molar-refractivity contribution in [3.63, 3.8) is 0 Å². The average Bonchev–Trinajstić information content (AvgIpc) is 2.59. The van der Waals surface area contributed by atoms with E-state index in [4.69, 9.17) is 21.5 Å². The molecule has 4 rings (SSSR count). The summed E-state index contributed by atoms with van der Waals surface area (Å²) in [5.74, 6) is -0.0930. The van der Waals surface area contributed by atoms with Gasteiger partial charge in [-0.15, -0.1) is 0 Å². The third-order valence-corrected chi connectivity index (χ3v) is 5.46. The summed E-state index contributed by atoms with van der Waals surface area (Å²) in [6, 6.07) is 16.7. The highest BCUT2D eigenvalue weighted by Gasteiger charge is 2.29. The lowest BCUT2D eigenvalue weighted by Crippen LogP contribution is -2.18. The summed E-state index contributed by atoms with van der Waals surface area (Å²) in [6.45, 7) is 0. The van der Waals surface area contributed by atoms with Crippen LogP contribution < -0.4 is 9.88 Å². The van der Waals surface area contributed by atoms with Crippen LogP contribution in [0.25, 0.3) is 11.1 Å². The van der Waals surface area contributed by atoms with Gasteiger partial charge in [0.25, 0.3) is 0 Å². The Morgan fingerprint density at radius 1 is 1.07 bits per heavy atom. The second-order valence-electron chi connectivity index (χ2n) is 6.39. The van der Waals surface area contributed by atoms with E-state index in [0.29, 0.717) is 27.5 Å². The number of hydrogen-bond donors (Lipinski definition) is 1. The van der Waals surface area contributed by atoms with Gasteiger partial charge in [0.15, 0.2) is 0 Å². The molecule has 0 aromatic heterocycles. The Kier molecular flexibility index (Phi) is 4.42. The standard InChI is InChI=1S/C20H15ClFNO3S/c21-17-5-2-6-18-19(17)15-8-7-12(11-27(23,24)25)9-16(15)20(26-18)13-3-1-4-14(22)10-13/h1-10,20H,11H2,(H2,23,24,25). The zero-order chi connectivity index (χ0) is 19.2. The van der Waals surface area contributed by atoms with Crippen molar-refractivity contribution in [3.05, 3.63) is 88.2 Å². The van der Waals surface area contributed by atoms with Crippen molar-refractivity contribution < 1.29 is 17.5 Å². The molecule has 3 aromatic carbocycles. The van der Waals surface area contributed by atoms with E-state index in [2.05, 4.69) is 0 Å². The molecule has 0 aliphatic carbocycles. The normalized spacial score (nSPS) is 15.6. The third-order valence-electron chi connectivity index (χ3n) is 4.41. The Balaban J connectivity index is 1.93. The predicted molar refractivity (Wildman–Crippen MR) is 103 cm³/mol. The van der Waals surface area contributed by atoms with Crippen LogP contribution in [0.4, 0.5) is 4.39 Å². The molecule has 1 aliphatic rings. The largest absolute Gasteiger partial charge is 0.480 e. The lowest BCUT2D eigenvalue weighted by atomic mass is 9.88. The lowest BCUT2D eigenvalue weighted by Gasteiger charge is -2.30. The molecule has 0 spiro atoms. The Labute approximate surface area is 161 Å². The highest BCUT2D eigenvalue weighted by atomic mass is 35.5. The summed E-state index contributed by atoms with van der Waals surface area (Å²) in [4.78, 5) is 0. The van der Waals surface area contributed by atoms with Gasteiger partial charge in [0.1, 0.15) is 17.7 Å². The summed E-state index contributed by atoms with van der Waals surface area (Å²) >= 11 is 6.38. The Bertz CT molecular complexity index is 1150. The average molecular weight is 404 g/mol. The maximum atomic E-state index is 13.8. The fourth-order valence-electron chi connectivity index (χ4n) is 3.35. The summed E-state index contributed by atoms with van der Waals surface area (Å²) in [5.41, 5.74) is 3.40. The van der Waals surface area contributed by atoms with E-state index in [9.17, 15) is 12.8 Å². The molecule has 138 valence electrons. The van der Waals surface area contributed by atoms with E-state index in [-0.39, 0.29) is 11.6 Å². The monoisotopic (exact) mass is 403 g/mol. The molecular weight excluding hydrogens is 389 g/mol. The zero-order valence-electron chi connectivity index (χ0n) is 14.0. The number of sulfonamides is 1. The molecule has 0 saturated carbocycles. The lowest BCUT2D eigenvalue weighted by molar-refractivity contribution is 0.243. The van der Waals surface area contributed by atoms with E-state index in [1.165, 1.54) is 12.1 Å². The maximum Gasteiger partial charge on any atom is 0.213 e. The molecule has 1 atom stereocenters. The van der Waals surface area contributed by atoms with Crippen molar-refractivity contribution in [3.8, 4) is 16.9 Å². The quantitative estimate of drug-likeness (QED) is 0.703. The second kappa shape index (κ2) is 6.64. The second-order valence-corrected chi connectivity index (χ2v) is 8.42. The van der Waals surface area contributed by atoms with Gasteiger partial charge in [0.2, 0.25) is 10.0 Å². The molecular formula is C20H15ClFNO3S. The molecule has 27 heavy (non-hydrogen) atoms. The van der Waals surface area contributed by atoms with Gasteiger partial charge in [0, 0.05) is 11.1 Å². The molecule has 0 fully saturated rings. The molecule has 0 amide bonds. The van der Waals surface area contributed by atoms with Gasteiger partial charge in [-0.05, 0) is 41.0 Å². The van der Waals surface area contributed by atoms with E-state index in [0.717, 1.165) is 11.1 Å². The van der Waals surface area contributed by atoms with Crippen molar-refractivity contribution in [1.82, 2.24) is 0 Å². The minimum atomic E-state index is -3.69. The number of ether oxygens (including phenoxy) is 1. The number of halogens is 2. The van der Waals surface area contributed by atoms with E-state index in [1.54, 1.807) is 48.5 Å². The van der Waals surface area contributed by atoms with Crippen molar-refractivity contribution >= 4 is 21.6 Å². The fraction of sp³-hybridized carbons (Fsp3) is 0.100. The first kappa shape index (κ1) is 18.0. The molecule has 0 bridgehead atoms. The maximum absolute atomic E-state index is 13.8. The number of fused-ring (bicyclic) bond motifs is 3. The number of primary sulfonamides is 1. The van der Waals surface area contributed by atoms with Gasteiger partial charge in [-0.25, -0.2) is 17.9 Å². The van der Waals surface area contributed by atoms with E-state index >= 15 is 0 Å². The Hall–Kier alpha value is -2.41. The topological polar surface area (TPSA) is 69.4 Å². The first-order valence-corrected chi connectivity index (χ1v) is 10.3. The third kappa shape index (κ3) is 3.56. The van der Waals surface area contributed by atoms with E-state index < -0.39 is 16.1 Å². The summed E-state index contributed by atoms with van der Waals surface area (Å²) in [7, 11) is -3.69. The van der Waals surface area contributed by atoms with Crippen LogP contribution in [0.3, 0.4) is 0 Å². The van der Waals surface area contributed by atoms with Gasteiger partial charge in [-0.3, -0.25) is 0 Å². The number of benzene rings is 3. The van der Waals surface area contributed by atoms with Crippen molar-refractivity contribution in [2.45, 2.75) is 11.9 Å². The Morgan fingerprint density at radius 2 is 1.85 bits per heavy atom.